The quantitative estimate of drug-likeness (QED) is 0.262. The second-order valence-corrected chi connectivity index (χ2v) is 12.2. The van der Waals surface area contributed by atoms with Gasteiger partial charge in [-0.05, 0) is 56.2 Å². The molecule has 2 aliphatic carbocycles. The molecule has 1 aliphatic heterocycles. The number of nitrogens with one attached hydrogen (secondary N) is 1. The summed E-state index contributed by atoms with van der Waals surface area (Å²) in [5.41, 5.74) is 9.19. The zero-order valence-electron chi connectivity index (χ0n) is 25.2. The molecule has 0 amide bonds. The maximum atomic E-state index is 10.0. The van der Waals surface area contributed by atoms with Crippen LogP contribution in [0.4, 0.5) is 0 Å². The highest BCUT2D eigenvalue weighted by atomic mass is 36.0. The van der Waals surface area contributed by atoms with Crippen LogP contribution in [0.5, 0.6) is 0 Å². The monoisotopic (exact) mass is 616 g/mol. The highest BCUT2D eigenvalue weighted by molar-refractivity contribution is 8.26. The van der Waals surface area contributed by atoms with Gasteiger partial charge >= 0.3 is 5.97 Å². The van der Waals surface area contributed by atoms with E-state index in [1.807, 2.05) is 59.7 Å². The summed E-state index contributed by atoms with van der Waals surface area (Å²) in [6.45, 7) is 16.4. The zero-order valence-corrected chi connectivity index (χ0v) is 27.5. The van der Waals surface area contributed by atoms with E-state index in [4.69, 9.17) is 15.0 Å². The topological polar surface area (TPSA) is 102 Å². The van der Waals surface area contributed by atoms with Gasteiger partial charge in [-0.25, -0.2) is 4.21 Å². The number of esters is 1. The van der Waals surface area contributed by atoms with Gasteiger partial charge in [-0.1, -0.05) is 88.4 Å². The number of halogens is 2. The third-order valence-corrected chi connectivity index (χ3v) is 6.98. The number of piperidine rings is 1. The van der Waals surface area contributed by atoms with Gasteiger partial charge in [0.25, 0.3) is 0 Å². The van der Waals surface area contributed by atoms with Crippen molar-refractivity contribution in [3.05, 3.63) is 71.8 Å². The van der Waals surface area contributed by atoms with Crippen molar-refractivity contribution in [2.24, 2.45) is 17.6 Å². The Hall–Kier alpha value is -1.48. The highest BCUT2D eigenvalue weighted by Crippen LogP contribution is 2.56. The lowest BCUT2D eigenvalue weighted by Gasteiger charge is -2.14. The number of carbonyl (C=O) groups excluding carboxylic acids is 1. The van der Waals surface area contributed by atoms with Gasteiger partial charge in [-0.2, -0.15) is 0 Å². The van der Waals surface area contributed by atoms with Crippen LogP contribution in [0.25, 0.3) is 0 Å². The molecule has 40 heavy (non-hydrogen) atoms. The number of aliphatic hydroxyl groups is 1. The van der Waals surface area contributed by atoms with Crippen LogP contribution in [0.2, 0.25) is 0 Å². The minimum atomic E-state index is -1.67. The Morgan fingerprint density at radius 1 is 1.02 bits per heavy atom. The normalized spacial score (nSPS) is 24.4. The van der Waals surface area contributed by atoms with Crippen LogP contribution in [0.15, 0.2) is 60.7 Å². The summed E-state index contributed by atoms with van der Waals surface area (Å²) in [6, 6.07) is 21.2. The molecule has 2 aromatic carbocycles. The Morgan fingerprint density at radius 3 is 1.77 bits per heavy atom. The third-order valence-electron chi connectivity index (χ3n) is 6.98. The van der Waals surface area contributed by atoms with E-state index in [2.05, 4.69) is 73.9 Å². The second-order valence-electron chi connectivity index (χ2n) is 9.71. The van der Waals surface area contributed by atoms with Crippen molar-refractivity contribution in [1.82, 2.24) is 5.32 Å². The number of aliphatic hydroxyl groups excluding tert-OH is 1. The fourth-order valence-corrected chi connectivity index (χ4v) is 5.00. The van der Waals surface area contributed by atoms with Crippen LogP contribution >= 0.6 is 21.4 Å². The number of ether oxygens (including phenoxy) is 1. The van der Waals surface area contributed by atoms with E-state index in [1.54, 1.807) is 5.56 Å². The van der Waals surface area contributed by atoms with E-state index in [-0.39, 0.29) is 24.1 Å². The van der Waals surface area contributed by atoms with Crippen molar-refractivity contribution in [3.63, 3.8) is 0 Å². The van der Waals surface area contributed by atoms with E-state index < -0.39 is 9.23 Å². The van der Waals surface area contributed by atoms with Gasteiger partial charge in [0.05, 0.1) is 6.10 Å². The van der Waals surface area contributed by atoms with Crippen LogP contribution in [-0.4, -0.2) is 47.6 Å². The van der Waals surface area contributed by atoms with E-state index in [0.29, 0.717) is 17.9 Å². The minimum absolute atomic E-state index is 0.0255. The Morgan fingerprint density at radius 2 is 1.50 bits per heavy atom. The van der Waals surface area contributed by atoms with Gasteiger partial charge in [0.1, 0.15) is 0 Å². The van der Waals surface area contributed by atoms with Crippen molar-refractivity contribution < 1.29 is 18.8 Å². The summed E-state index contributed by atoms with van der Waals surface area (Å²) in [6.07, 6.45) is 2.46. The van der Waals surface area contributed by atoms with Crippen LogP contribution in [-0.2, 0) is 29.6 Å². The average molecular weight is 618 g/mol. The van der Waals surface area contributed by atoms with Crippen molar-refractivity contribution in [2.75, 3.05) is 26.2 Å². The lowest BCUT2D eigenvalue weighted by molar-refractivity contribution is -0.144. The lowest BCUT2D eigenvalue weighted by Crippen LogP contribution is -2.23. The van der Waals surface area contributed by atoms with Gasteiger partial charge in [0, 0.05) is 58.8 Å². The molecule has 3 aliphatic rings. The second kappa shape index (κ2) is 20.4. The summed E-state index contributed by atoms with van der Waals surface area (Å²) in [5, 5.41) is 12.5. The first-order valence-electron chi connectivity index (χ1n) is 14.2. The first-order valence-corrected chi connectivity index (χ1v) is 17.0. The van der Waals surface area contributed by atoms with E-state index >= 15 is 0 Å². The first-order chi connectivity index (χ1) is 19.1. The molecule has 4 N–H and O–H groups in total. The molecule has 0 radical (unpaired) electrons. The molecule has 1 saturated heterocycles. The summed E-state index contributed by atoms with van der Waals surface area (Å²) in [7, 11) is 7.36. The molecule has 0 spiro atoms. The Kier molecular flexibility index (Phi) is 19.7. The fourth-order valence-electron chi connectivity index (χ4n) is 5.00. The van der Waals surface area contributed by atoms with Crippen LogP contribution < -0.4 is 11.1 Å². The number of hydrogen-bond acceptors (Lipinski definition) is 6. The van der Waals surface area contributed by atoms with Crippen LogP contribution in [0.3, 0.4) is 0 Å². The number of benzene rings is 2. The maximum absolute atomic E-state index is 10.0. The molecule has 9 heteroatoms. The molecule has 4 unspecified atom stereocenters. The molecule has 1 heterocycles. The first kappa shape index (κ1) is 38.5. The third kappa shape index (κ3) is 12.6. The molecule has 0 aromatic heterocycles. The smallest absolute Gasteiger partial charge is 0.302 e. The predicted octanol–water partition coefficient (Wildman–Crippen LogP) is 6.50. The summed E-state index contributed by atoms with van der Waals surface area (Å²) < 4.78 is 13.7. The number of fused-ring (bicyclic) bond motifs is 1. The van der Waals surface area contributed by atoms with Crippen molar-refractivity contribution in [1.29, 1.82) is 0 Å². The number of hydrogen-bond donors (Lipinski definition) is 3. The SMILES string of the molecule is CC.CC.CC(=O)OC(C)C.NCC1(c2ccccc2)CC1CO.O=S(Cl)Cl.c1ccc(C23CNCC2C3)cc1. The standard InChI is InChI=1S/C11H15NO.C11H13N.C5H10O2.2C2H6.Cl2OS/c12-8-11(6-10(11)7-13)9-4-2-1-3-5-9;1-2-4-9(5-3-1)11-6-10(11)7-12-8-11;1-4(2)7-5(3)6;2*1-2;1-4(2)3/h1-5,10,13H,6-8,12H2;1-5,10,12H,6-8H2;4H,1-3H3;2*1-2H3;. The molecule has 4 atom stereocenters. The van der Waals surface area contributed by atoms with Crippen LogP contribution in [0.1, 0.15) is 72.4 Å². The van der Waals surface area contributed by atoms with E-state index in [1.165, 1.54) is 32.0 Å². The van der Waals surface area contributed by atoms with Crippen molar-refractivity contribution in [3.8, 4) is 0 Å². The Labute approximate surface area is 253 Å². The van der Waals surface area contributed by atoms with Gasteiger partial charge in [-0.15, -0.1) is 0 Å². The van der Waals surface area contributed by atoms with E-state index in [9.17, 15) is 4.79 Å². The van der Waals surface area contributed by atoms with Gasteiger partial charge in [0.2, 0.25) is 9.23 Å². The number of nitrogens with two attached hydrogens (primary N) is 1. The fraction of sp³-hybridized carbons (Fsp3) is 0.581. The van der Waals surface area contributed by atoms with E-state index in [0.717, 1.165) is 12.3 Å². The Bertz CT molecular complexity index is 964. The molecular formula is C31H50Cl2N2O4S. The largest absolute Gasteiger partial charge is 0.463 e. The summed E-state index contributed by atoms with van der Waals surface area (Å²) >= 11 is 0. The predicted molar refractivity (Wildman–Crippen MR) is 171 cm³/mol. The van der Waals surface area contributed by atoms with Gasteiger partial charge in [-0.3, -0.25) is 4.79 Å². The molecule has 2 saturated carbocycles. The minimum Gasteiger partial charge on any atom is -0.463 e. The molecule has 2 aromatic rings. The van der Waals surface area contributed by atoms with Gasteiger partial charge in [0.15, 0.2) is 0 Å². The van der Waals surface area contributed by atoms with Crippen molar-refractivity contribution >= 4 is 36.6 Å². The molecule has 0 bridgehead atoms. The molecule has 6 nitrogen and oxygen atoms in total. The summed E-state index contributed by atoms with van der Waals surface area (Å²) in [4.78, 5) is 10.0. The van der Waals surface area contributed by atoms with Gasteiger partial charge < -0.3 is 20.9 Å². The number of rotatable bonds is 5. The number of carbonyl (C=O) groups is 1. The summed E-state index contributed by atoms with van der Waals surface area (Å²) in [5.74, 6) is 1.09. The molecular weight excluding hydrogens is 567 g/mol. The lowest BCUT2D eigenvalue weighted by atomic mass is 9.93. The highest BCUT2D eigenvalue weighted by Gasteiger charge is 2.57. The average Bonchev–Trinajstić information content (AvgIpc) is 3.84. The van der Waals surface area contributed by atoms with Crippen molar-refractivity contribution in [2.45, 2.75) is 78.2 Å². The molecule has 3 fully saturated rings. The Balaban J connectivity index is 0.000000521. The molecule has 228 valence electrons. The van der Waals surface area contributed by atoms with Crippen LogP contribution in [0, 0.1) is 11.8 Å². The zero-order chi connectivity index (χ0) is 30.8. The molecule has 5 rings (SSSR count). The maximum Gasteiger partial charge on any atom is 0.302 e.